The standard InChI is InChI=1S/C15H18N2O2S/c1-3-8-19-14-7-5-4-6-13(14)15(18)16-9-12-10-20-11(2)17-12/h4-7,10H,3,8-9H2,1-2H3,(H,16,18). The van der Waals surface area contributed by atoms with Crippen molar-refractivity contribution in [3.63, 3.8) is 0 Å². The number of aryl methyl sites for hydroxylation is 1. The van der Waals surface area contributed by atoms with Crippen LogP contribution in [0.4, 0.5) is 0 Å². The summed E-state index contributed by atoms with van der Waals surface area (Å²) in [5.74, 6) is 0.490. The Kier molecular flexibility index (Phi) is 5.12. The molecule has 1 amide bonds. The Bertz CT molecular complexity index is 581. The molecule has 1 aromatic heterocycles. The fourth-order valence-electron chi connectivity index (χ4n) is 1.75. The van der Waals surface area contributed by atoms with Crippen molar-refractivity contribution >= 4 is 17.2 Å². The van der Waals surface area contributed by atoms with E-state index in [1.165, 1.54) is 0 Å². The topological polar surface area (TPSA) is 51.2 Å². The third-order valence-corrected chi connectivity index (χ3v) is 3.51. The fraction of sp³-hybridized carbons (Fsp3) is 0.333. The lowest BCUT2D eigenvalue weighted by molar-refractivity contribution is 0.0946. The van der Waals surface area contributed by atoms with E-state index < -0.39 is 0 Å². The summed E-state index contributed by atoms with van der Waals surface area (Å²) in [5.41, 5.74) is 1.45. The van der Waals surface area contributed by atoms with Gasteiger partial charge in [0.05, 0.1) is 29.4 Å². The van der Waals surface area contributed by atoms with E-state index in [9.17, 15) is 4.79 Å². The molecule has 1 aromatic carbocycles. The Hall–Kier alpha value is -1.88. The lowest BCUT2D eigenvalue weighted by Gasteiger charge is -2.10. The maximum absolute atomic E-state index is 12.2. The molecule has 2 aromatic rings. The van der Waals surface area contributed by atoms with Gasteiger partial charge in [-0.1, -0.05) is 19.1 Å². The van der Waals surface area contributed by atoms with Crippen molar-refractivity contribution in [1.29, 1.82) is 0 Å². The molecule has 0 radical (unpaired) electrons. The zero-order valence-electron chi connectivity index (χ0n) is 11.7. The highest BCUT2D eigenvalue weighted by atomic mass is 32.1. The molecule has 106 valence electrons. The molecule has 0 saturated heterocycles. The van der Waals surface area contributed by atoms with Crippen LogP contribution in [-0.2, 0) is 6.54 Å². The highest BCUT2D eigenvalue weighted by molar-refractivity contribution is 7.09. The predicted octanol–water partition coefficient (Wildman–Crippen LogP) is 3.17. The number of nitrogens with one attached hydrogen (secondary N) is 1. The van der Waals surface area contributed by atoms with E-state index in [0.29, 0.717) is 24.5 Å². The first-order chi connectivity index (χ1) is 9.70. The van der Waals surface area contributed by atoms with E-state index in [1.54, 1.807) is 17.4 Å². The molecule has 5 heteroatoms. The third kappa shape index (κ3) is 3.81. The summed E-state index contributed by atoms with van der Waals surface area (Å²) in [6, 6.07) is 7.29. The molecule has 1 heterocycles. The van der Waals surface area contributed by atoms with Gasteiger partial charge in [-0.05, 0) is 25.5 Å². The molecule has 0 aliphatic rings. The van der Waals surface area contributed by atoms with Gasteiger partial charge in [-0.25, -0.2) is 4.98 Å². The van der Waals surface area contributed by atoms with E-state index in [4.69, 9.17) is 4.74 Å². The molecule has 0 atom stereocenters. The summed E-state index contributed by atoms with van der Waals surface area (Å²) in [6.07, 6.45) is 0.911. The first-order valence-electron chi connectivity index (χ1n) is 6.61. The van der Waals surface area contributed by atoms with E-state index in [1.807, 2.05) is 37.4 Å². The van der Waals surface area contributed by atoms with Gasteiger partial charge in [-0.3, -0.25) is 4.79 Å². The number of benzene rings is 1. The van der Waals surface area contributed by atoms with Crippen LogP contribution in [0, 0.1) is 6.92 Å². The minimum Gasteiger partial charge on any atom is -0.493 e. The maximum Gasteiger partial charge on any atom is 0.255 e. The monoisotopic (exact) mass is 290 g/mol. The van der Waals surface area contributed by atoms with Crippen molar-refractivity contribution in [2.45, 2.75) is 26.8 Å². The minimum absolute atomic E-state index is 0.137. The quantitative estimate of drug-likeness (QED) is 0.889. The smallest absolute Gasteiger partial charge is 0.255 e. The lowest BCUT2D eigenvalue weighted by Crippen LogP contribution is -2.23. The van der Waals surface area contributed by atoms with Crippen molar-refractivity contribution in [3.05, 3.63) is 45.9 Å². The molecule has 20 heavy (non-hydrogen) atoms. The normalized spacial score (nSPS) is 10.3. The molecular formula is C15H18N2O2S. The van der Waals surface area contributed by atoms with Crippen LogP contribution in [-0.4, -0.2) is 17.5 Å². The molecule has 0 bridgehead atoms. The number of hydrogen-bond donors (Lipinski definition) is 1. The van der Waals surface area contributed by atoms with Crippen molar-refractivity contribution in [3.8, 4) is 5.75 Å². The van der Waals surface area contributed by atoms with Gasteiger partial charge in [0.15, 0.2) is 0 Å². The SMILES string of the molecule is CCCOc1ccccc1C(=O)NCc1csc(C)n1. The van der Waals surface area contributed by atoms with Gasteiger partial charge in [-0.15, -0.1) is 11.3 Å². The van der Waals surface area contributed by atoms with Gasteiger partial charge in [-0.2, -0.15) is 0 Å². The molecule has 0 aliphatic heterocycles. The highest BCUT2D eigenvalue weighted by Crippen LogP contribution is 2.18. The summed E-state index contributed by atoms with van der Waals surface area (Å²) in [6.45, 7) is 5.03. The number of aromatic nitrogens is 1. The van der Waals surface area contributed by atoms with Crippen molar-refractivity contribution in [1.82, 2.24) is 10.3 Å². The van der Waals surface area contributed by atoms with Crippen molar-refractivity contribution in [2.24, 2.45) is 0 Å². The highest BCUT2D eigenvalue weighted by Gasteiger charge is 2.12. The summed E-state index contributed by atoms with van der Waals surface area (Å²) in [5, 5.41) is 5.82. The zero-order valence-corrected chi connectivity index (χ0v) is 12.5. The second kappa shape index (κ2) is 7.05. The minimum atomic E-state index is -0.137. The number of amides is 1. The van der Waals surface area contributed by atoms with E-state index in [-0.39, 0.29) is 5.91 Å². The Morgan fingerprint density at radius 2 is 2.20 bits per heavy atom. The summed E-state index contributed by atoms with van der Waals surface area (Å²) >= 11 is 1.58. The summed E-state index contributed by atoms with van der Waals surface area (Å²) < 4.78 is 5.59. The third-order valence-electron chi connectivity index (χ3n) is 2.69. The van der Waals surface area contributed by atoms with Gasteiger partial charge in [0.25, 0.3) is 5.91 Å². The van der Waals surface area contributed by atoms with Gasteiger partial charge in [0.1, 0.15) is 5.75 Å². The molecule has 0 spiro atoms. The number of carbonyl (C=O) groups excluding carboxylic acids is 1. The number of carbonyl (C=O) groups is 1. The van der Waals surface area contributed by atoms with Gasteiger partial charge < -0.3 is 10.1 Å². The number of thiazole rings is 1. The van der Waals surface area contributed by atoms with Crippen LogP contribution >= 0.6 is 11.3 Å². The molecule has 0 fully saturated rings. The van der Waals surface area contributed by atoms with Crippen LogP contribution < -0.4 is 10.1 Å². The predicted molar refractivity (Wildman–Crippen MR) is 80.2 cm³/mol. The van der Waals surface area contributed by atoms with E-state index in [0.717, 1.165) is 17.1 Å². The Balaban J connectivity index is 2.01. The van der Waals surface area contributed by atoms with Crippen LogP contribution in [0.25, 0.3) is 0 Å². The van der Waals surface area contributed by atoms with Crippen LogP contribution in [0.15, 0.2) is 29.6 Å². The molecule has 0 aliphatic carbocycles. The van der Waals surface area contributed by atoms with Gasteiger partial charge >= 0.3 is 0 Å². The number of hydrogen-bond acceptors (Lipinski definition) is 4. The largest absolute Gasteiger partial charge is 0.493 e. The average molecular weight is 290 g/mol. The number of rotatable bonds is 6. The Morgan fingerprint density at radius 1 is 1.40 bits per heavy atom. The van der Waals surface area contributed by atoms with Crippen molar-refractivity contribution < 1.29 is 9.53 Å². The fourth-order valence-corrected chi connectivity index (χ4v) is 2.36. The van der Waals surface area contributed by atoms with Crippen LogP contribution in [0.1, 0.15) is 34.4 Å². The van der Waals surface area contributed by atoms with E-state index >= 15 is 0 Å². The van der Waals surface area contributed by atoms with E-state index in [2.05, 4.69) is 10.3 Å². The summed E-state index contributed by atoms with van der Waals surface area (Å²) in [4.78, 5) is 16.5. The molecular weight excluding hydrogens is 272 g/mol. The molecule has 0 saturated carbocycles. The molecule has 2 rings (SSSR count). The van der Waals surface area contributed by atoms with Gasteiger partial charge in [0.2, 0.25) is 0 Å². The molecule has 0 unspecified atom stereocenters. The second-order valence-corrected chi connectivity index (χ2v) is 5.45. The Labute approximate surface area is 122 Å². The lowest BCUT2D eigenvalue weighted by atomic mass is 10.2. The summed E-state index contributed by atoms with van der Waals surface area (Å²) in [7, 11) is 0. The first-order valence-corrected chi connectivity index (χ1v) is 7.49. The van der Waals surface area contributed by atoms with Crippen LogP contribution in [0.2, 0.25) is 0 Å². The number of ether oxygens (including phenoxy) is 1. The molecule has 1 N–H and O–H groups in total. The first kappa shape index (κ1) is 14.5. The van der Waals surface area contributed by atoms with Gasteiger partial charge in [0, 0.05) is 5.38 Å². The van der Waals surface area contributed by atoms with Crippen LogP contribution in [0.3, 0.4) is 0 Å². The van der Waals surface area contributed by atoms with Crippen LogP contribution in [0.5, 0.6) is 5.75 Å². The molecule has 4 nitrogen and oxygen atoms in total. The zero-order chi connectivity index (χ0) is 14.4. The van der Waals surface area contributed by atoms with Crippen molar-refractivity contribution in [2.75, 3.05) is 6.61 Å². The number of nitrogens with zero attached hydrogens (tertiary/aromatic N) is 1. The second-order valence-electron chi connectivity index (χ2n) is 4.39. The average Bonchev–Trinajstić information content (AvgIpc) is 2.88. The number of para-hydroxylation sites is 1. The maximum atomic E-state index is 12.2. The Morgan fingerprint density at radius 3 is 2.90 bits per heavy atom.